The van der Waals surface area contributed by atoms with Gasteiger partial charge in [-0.3, -0.25) is 10.1 Å². The van der Waals surface area contributed by atoms with Gasteiger partial charge in [-0.25, -0.2) is 8.78 Å². The van der Waals surface area contributed by atoms with Gasteiger partial charge in [0.2, 0.25) is 0 Å². The summed E-state index contributed by atoms with van der Waals surface area (Å²) in [7, 11) is 0. The fraction of sp³-hybridized carbons (Fsp3) is 0.200. The Kier molecular flexibility index (Phi) is 4.94. The monoisotopic (exact) mass is 292 g/mol. The number of para-hydroxylation sites is 1. The van der Waals surface area contributed by atoms with E-state index < -0.39 is 16.6 Å². The molecule has 4 nitrogen and oxygen atoms in total. The molecule has 0 radical (unpaired) electrons. The molecule has 0 saturated heterocycles. The minimum atomic E-state index is -0.881. The van der Waals surface area contributed by atoms with E-state index in [1.54, 1.807) is 18.2 Å². The number of halogens is 2. The normalized spacial score (nSPS) is 10.6. The minimum Gasteiger partial charge on any atom is -0.312 e. The first-order valence-corrected chi connectivity index (χ1v) is 6.45. The highest BCUT2D eigenvalue weighted by Crippen LogP contribution is 2.17. The van der Waals surface area contributed by atoms with Crippen molar-refractivity contribution in [3.63, 3.8) is 0 Å². The molecule has 0 aromatic heterocycles. The van der Waals surface area contributed by atoms with Crippen molar-refractivity contribution >= 4 is 5.69 Å². The molecule has 0 atom stereocenters. The van der Waals surface area contributed by atoms with Gasteiger partial charge in [-0.05, 0) is 30.7 Å². The Bertz CT molecular complexity index is 647. The van der Waals surface area contributed by atoms with Gasteiger partial charge in [-0.15, -0.1) is 0 Å². The summed E-state index contributed by atoms with van der Waals surface area (Å²) in [6, 6.07) is 10.2. The maximum atomic E-state index is 13.0. The van der Waals surface area contributed by atoms with E-state index in [2.05, 4.69) is 5.32 Å². The number of nitrogens with one attached hydrogen (secondary N) is 1. The number of nitro benzene ring substituents is 1. The number of hydrogen-bond donors (Lipinski definition) is 1. The van der Waals surface area contributed by atoms with Crippen LogP contribution in [0.5, 0.6) is 0 Å². The van der Waals surface area contributed by atoms with E-state index in [0.717, 1.165) is 12.1 Å². The van der Waals surface area contributed by atoms with Gasteiger partial charge < -0.3 is 5.32 Å². The number of nitrogens with zero attached hydrogens (tertiary/aromatic N) is 1. The lowest BCUT2D eigenvalue weighted by Crippen LogP contribution is -2.17. The van der Waals surface area contributed by atoms with Crippen LogP contribution < -0.4 is 5.32 Å². The average molecular weight is 292 g/mol. The zero-order valence-corrected chi connectivity index (χ0v) is 11.2. The van der Waals surface area contributed by atoms with Crippen LogP contribution in [-0.4, -0.2) is 11.5 Å². The quantitative estimate of drug-likeness (QED) is 0.505. The molecule has 110 valence electrons. The minimum absolute atomic E-state index is 0.0899. The summed E-state index contributed by atoms with van der Waals surface area (Å²) >= 11 is 0. The second-order valence-corrected chi connectivity index (χ2v) is 4.56. The lowest BCUT2D eigenvalue weighted by atomic mass is 10.1. The van der Waals surface area contributed by atoms with Crippen LogP contribution in [0.3, 0.4) is 0 Å². The molecule has 0 aliphatic carbocycles. The van der Waals surface area contributed by atoms with Crippen molar-refractivity contribution in [2.45, 2.75) is 13.0 Å². The summed E-state index contributed by atoms with van der Waals surface area (Å²) in [5, 5.41) is 13.9. The molecule has 6 heteroatoms. The van der Waals surface area contributed by atoms with Crippen molar-refractivity contribution < 1.29 is 13.7 Å². The Morgan fingerprint density at radius 3 is 2.57 bits per heavy atom. The summed E-state index contributed by atoms with van der Waals surface area (Å²) < 4.78 is 25.8. The molecule has 1 N–H and O–H groups in total. The zero-order chi connectivity index (χ0) is 15.2. The maximum absolute atomic E-state index is 13.0. The fourth-order valence-electron chi connectivity index (χ4n) is 2.01. The molecule has 0 unspecified atom stereocenters. The number of benzene rings is 2. The Labute approximate surface area is 120 Å². The predicted octanol–water partition coefficient (Wildman–Crippen LogP) is 3.21. The SMILES string of the molecule is O=[N+]([O-])c1ccccc1CCNCc1ccc(F)c(F)c1. The van der Waals surface area contributed by atoms with E-state index in [1.165, 1.54) is 12.1 Å². The van der Waals surface area contributed by atoms with Gasteiger partial charge >= 0.3 is 0 Å². The molecule has 2 aromatic carbocycles. The van der Waals surface area contributed by atoms with Gasteiger partial charge in [0.25, 0.3) is 5.69 Å². The highest BCUT2D eigenvalue weighted by atomic mass is 19.2. The second kappa shape index (κ2) is 6.90. The maximum Gasteiger partial charge on any atom is 0.272 e. The molecule has 0 saturated carbocycles. The van der Waals surface area contributed by atoms with Crippen molar-refractivity contribution in [3.8, 4) is 0 Å². The number of rotatable bonds is 6. The summed E-state index contributed by atoms with van der Waals surface area (Å²) in [6.07, 6.45) is 0.487. The second-order valence-electron chi connectivity index (χ2n) is 4.56. The first-order chi connectivity index (χ1) is 10.1. The lowest BCUT2D eigenvalue weighted by Gasteiger charge is -2.06. The van der Waals surface area contributed by atoms with Crippen molar-refractivity contribution in [1.82, 2.24) is 5.32 Å². The Hall–Kier alpha value is -2.34. The molecule has 0 aliphatic heterocycles. The molecule has 0 aliphatic rings. The number of nitro groups is 1. The Balaban J connectivity index is 1.87. The van der Waals surface area contributed by atoms with E-state index in [9.17, 15) is 18.9 Å². The largest absolute Gasteiger partial charge is 0.312 e. The molecule has 2 rings (SSSR count). The van der Waals surface area contributed by atoms with Gasteiger partial charge in [0.1, 0.15) is 0 Å². The van der Waals surface area contributed by atoms with E-state index in [4.69, 9.17) is 0 Å². The first kappa shape index (κ1) is 15.1. The van der Waals surface area contributed by atoms with Gasteiger partial charge in [0.15, 0.2) is 11.6 Å². The summed E-state index contributed by atoms with van der Waals surface area (Å²) in [5.74, 6) is -1.76. The molecule has 2 aromatic rings. The molecular formula is C15H14F2N2O2. The fourth-order valence-corrected chi connectivity index (χ4v) is 2.01. The van der Waals surface area contributed by atoms with Crippen LogP contribution in [0.2, 0.25) is 0 Å². The van der Waals surface area contributed by atoms with Crippen LogP contribution in [-0.2, 0) is 13.0 Å². The van der Waals surface area contributed by atoms with Crippen molar-refractivity contribution in [2.75, 3.05) is 6.54 Å². The molecule has 0 amide bonds. The molecule has 0 heterocycles. The lowest BCUT2D eigenvalue weighted by molar-refractivity contribution is -0.385. The highest BCUT2D eigenvalue weighted by Gasteiger charge is 2.11. The zero-order valence-electron chi connectivity index (χ0n) is 11.2. The smallest absolute Gasteiger partial charge is 0.272 e. The van der Waals surface area contributed by atoms with Crippen molar-refractivity contribution in [2.24, 2.45) is 0 Å². The molecule has 21 heavy (non-hydrogen) atoms. The van der Waals surface area contributed by atoms with E-state index in [-0.39, 0.29) is 5.69 Å². The van der Waals surface area contributed by atoms with E-state index in [0.29, 0.717) is 30.6 Å². The molecular weight excluding hydrogens is 278 g/mol. The van der Waals surface area contributed by atoms with Crippen LogP contribution in [0.15, 0.2) is 42.5 Å². The highest BCUT2D eigenvalue weighted by molar-refractivity contribution is 5.39. The summed E-state index contributed by atoms with van der Waals surface area (Å²) in [4.78, 5) is 10.4. The molecule has 0 fully saturated rings. The van der Waals surface area contributed by atoms with E-state index in [1.807, 2.05) is 0 Å². The molecule has 0 bridgehead atoms. The van der Waals surface area contributed by atoms with Crippen molar-refractivity contribution in [1.29, 1.82) is 0 Å². The van der Waals surface area contributed by atoms with Gasteiger partial charge in [0.05, 0.1) is 4.92 Å². The third-order valence-electron chi connectivity index (χ3n) is 3.07. The van der Waals surface area contributed by atoms with Crippen LogP contribution in [0.1, 0.15) is 11.1 Å². The van der Waals surface area contributed by atoms with Gasteiger partial charge in [0, 0.05) is 18.2 Å². The topological polar surface area (TPSA) is 55.2 Å². The van der Waals surface area contributed by atoms with Gasteiger partial charge in [-0.2, -0.15) is 0 Å². The van der Waals surface area contributed by atoms with Crippen molar-refractivity contribution in [3.05, 3.63) is 75.3 Å². The number of hydrogen-bond acceptors (Lipinski definition) is 3. The summed E-state index contributed by atoms with van der Waals surface area (Å²) in [6.45, 7) is 0.877. The third-order valence-corrected chi connectivity index (χ3v) is 3.07. The van der Waals surface area contributed by atoms with E-state index >= 15 is 0 Å². The van der Waals surface area contributed by atoms with Gasteiger partial charge in [-0.1, -0.05) is 24.3 Å². The predicted molar refractivity (Wildman–Crippen MR) is 74.9 cm³/mol. The molecule has 0 spiro atoms. The standard InChI is InChI=1S/C15H14F2N2O2/c16-13-6-5-11(9-14(13)17)10-18-8-7-12-3-1-2-4-15(12)19(20)21/h1-6,9,18H,7-8,10H2. The van der Waals surface area contributed by atoms with Crippen LogP contribution in [0.4, 0.5) is 14.5 Å². The average Bonchev–Trinajstić information content (AvgIpc) is 2.47. The van der Waals surface area contributed by atoms with Crippen LogP contribution in [0.25, 0.3) is 0 Å². The summed E-state index contributed by atoms with van der Waals surface area (Å²) in [5.41, 5.74) is 1.35. The Morgan fingerprint density at radius 2 is 1.86 bits per heavy atom. The third kappa shape index (κ3) is 4.06. The van der Waals surface area contributed by atoms with Crippen LogP contribution >= 0.6 is 0 Å². The Morgan fingerprint density at radius 1 is 1.10 bits per heavy atom. The first-order valence-electron chi connectivity index (χ1n) is 6.45. The van der Waals surface area contributed by atoms with Crippen LogP contribution in [0, 0.1) is 21.7 Å².